The van der Waals surface area contributed by atoms with Crippen LogP contribution in [-0.2, 0) is 15.9 Å². The van der Waals surface area contributed by atoms with Gasteiger partial charge in [0.25, 0.3) is 0 Å². The van der Waals surface area contributed by atoms with Crippen molar-refractivity contribution in [3.63, 3.8) is 0 Å². The lowest BCUT2D eigenvalue weighted by Crippen LogP contribution is -2.53. The number of nitrogens with zero attached hydrogens (tertiary/aromatic N) is 1. The summed E-state index contributed by atoms with van der Waals surface area (Å²) in [5, 5.41) is 8.73. The van der Waals surface area contributed by atoms with Crippen molar-refractivity contribution in [2.45, 2.75) is 31.0 Å². The summed E-state index contributed by atoms with van der Waals surface area (Å²) in [6.07, 6.45) is 1.30. The summed E-state index contributed by atoms with van der Waals surface area (Å²) < 4.78 is 12.7. The number of nitrogens with two attached hydrogens (primary N) is 1. The van der Waals surface area contributed by atoms with Gasteiger partial charge in [0.2, 0.25) is 7.37 Å². The Hall–Kier alpha value is -0.910. The molecule has 1 aromatic rings. The van der Waals surface area contributed by atoms with Gasteiger partial charge < -0.3 is 15.7 Å². The van der Waals surface area contributed by atoms with Crippen LogP contribution in [0.4, 0.5) is 0 Å². The summed E-state index contributed by atoms with van der Waals surface area (Å²) in [5.74, 6) is -1.20. The van der Waals surface area contributed by atoms with Gasteiger partial charge in [-0.1, -0.05) is 36.2 Å². The van der Waals surface area contributed by atoms with E-state index in [-0.39, 0.29) is 19.1 Å². The lowest BCUT2D eigenvalue weighted by molar-refractivity contribution is -0.141. The Kier molecular flexibility index (Phi) is 6.46. The van der Waals surface area contributed by atoms with Crippen LogP contribution in [0.2, 0.25) is 5.02 Å². The van der Waals surface area contributed by atoms with Gasteiger partial charge in [-0.3, -0.25) is 14.3 Å². The van der Waals surface area contributed by atoms with Gasteiger partial charge >= 0.3 is 5.97 Å². The van der Waals surface area contributed by atoms with Crippen molar-refractivity contribution in [3.05, 3.63) is 34.9 Å². The SMILES string of the molecule is NCCCCC1(C(=O)O)CN(Cc2ccccc2Cl)CCP1(=O)O. The number of carbonyl (C=O) groups is 1. The molecule has 1 aliphatic heterocycles. The first kappa shape index (κ1) is 19.4. The lowest BCUT2D eigenvalue weighted by atomic mass is 9.99. The molecular weight excluding hydrogens is 351 g/mol. The Labute approximate surface area is 147 Å². The molecule has 1 aliphatic rings. The van der Waals surface area contributed by atoms with E-state index < -0.39 is 18.5 Å². The standard InChI is InChI=1S/C16H24ClN2O4P/c17-14-6-2-1-5-13(14)11-19-9-10-24(22,23)16(12-19,15(20)21)7-3-4-8-18/h1-2,5-6H,3-4,7-12,18H2,(H,20,21)(H,22,23). The van der Waals surface area contributed by atoms with Crippen LogP contribution in [-0.4, -0.2) is 51.8 Å². The van der Waals surface area contributed by atoms with E-state index in [4.69, 9.17) is 17.3 Å². The van der Waals surface area contributed by atoms with E-state index in [9.17, 15) is 19.4 Å². The Balaban J connectivity index is 2.22. The first-order chi connectivity index (χ1) is 11.3. The molecular formula is C16H24ClN2O4P. The third-order valence-corrected chi connectivity index (χ3v) is 7.74. The summed E-state index contributed by atoms with van der Waals surface area (Å²) in [7, 11) is -3.79. The van der Waals surface area contributed by atoms with Crippen molar-refractivity contribution in [2.24, 2.45) is 5.73 Å². The number of aliphatic carboxylic acids is 1. The van der Waals surface area contributed by atoms with Gasteiger partial charge in [0, 0.05) is 30.8 Å². The maximum atomic E-state index is 12.7. The molecule has 0 amide bonds. The van der Waals surface area contributed by atoms with Crippen LogP contribution in [0.5, 0.6) is 0 Å². The fraction of sp³-hybridized carbons (Fsp3) is 0.562. The van der Waals surface area contributed by atoms with Crippen LogP contribution < -0.4 is 5.73 Å². The highest BCUT2D eigenvalue weighted by Crippen LogP contribution is 2.59. The maximum Gasteiger partial charge on any atom is 0.320 e. The minimum atomic E-state index is -3.79. The van der Waals surface area contributed by atoms with Crippen LogP contribution in [0.25, 0.3) is 0 Å². The molecule has 8 heteroatoms. The van der Waals surface area contributed by atoms with E-state index in [0.717, 1.165) is 5.56 Å². The van der Waals surface area contributed by atoms with E-state index in [0.29, 0.717) is 37.5 Å². The van der Waals surface area contributed by atoms with Crippen LogP contribution >= 0.6 is 19.0 Å². The molecule has 2 rings (SSSR count). The molecule has 4 N–H and O–H groups in total. The minimum absolute atomic E-state index is 0.0215. The van der Waals surface area contributed by atoms with E-state index in [2.05, 4.69) is 0 Å². The molecule has 1 aromatic carbocycles. The molecule has 0 radical (unpaired) electrons. The number of rotatable bonds is 7. The Morgan fingerprint density at radius 1 is 1.38 bits per heavy atom. The average Bonchev–Trinajstić information content (AvgIpc) is 2.52. The number of hydrogen-bond donors (Lipinski definition) is 3. The van der Waals surface area contributed by atoms with Crippen molar-refractivity contribution in [2.75, 3.05) is 25.8 Å². The number of benzene rings is 1. The summed E-state index contributed by atoms with van der Waals surface area (Å²) in [4.78, 5) is 24.2. The van der Waals surface area contributed by atoms with Crippen molar-refractivity contribution in [1.82, 2.24) is 4.90 Å². The number of hydrogen-bond acceptors (Lipinski definition) is 4. The van der Waals surface area contributed by atoms with Gasteiger partial charge in [0.1, 0.15) is 0 Å². The topological polar surface area (TPSA) is 104 Å². The van der Waals surface area contributed by atoms with Gasteiger partial charge in [-0.25, -0.2) is 0 Å². The zero-order chi connectivity index (χ0) is 17.8. The molecule has 0 aliphatic carbocycles. The van der Waals surface area contributed by atoms with E-state index in [1.54, 1.807) is 6.07 Å². The molecule has 2 atom stereocenters. The summed E-state index contributed by atoms with van der Waals surface area (Å²) in [6, 6.07) is 7.36. The normalized spacial score (nSPS) is 28.0. The molecule has 0 bridgehead atoms. The third kappa shape index (κ3) is 4.01. The smallest absolute Gasteiger partial charge is 0.320 e. The summed E-state index contributed by atoms with van der Waals surface area (Å²) in [5.41, 5.74) is 6.36. The molecule has 24 heavy (non-hydrogen) atoms. The first-order valence-corrected chi connectivity index (χ1v) is 10.3. The summed E-state index contributed by atoms with van der Waals surface area (Å²) in [6.45, 7) is 1.33. The van der Waals surface area contributed by atoms with Crippen LogP contribution in [0, 0.1) is 0 Å². The van der Waals surface area contributed by atoms with E-state index >= 15 is 0 Å². The highest BCUT2D eigenvalue weighted by atomic mass is 35.5. The summed E-state index contributed by atoms with van der Waals surface area (Å²) >= 11 is 6.17. The van der Waals surface area contributed by atoms with E-state index in [1.165, 1.54) is 0 Å². The zero-order valence-electron chi connectivity index (χ0n) is 13.5. The van der Waals surface area contributed by atoms with E-state index in [1.807, 2.05) is 23.1 Å². The van der Waals surface area contributed by atoms with Gasteiger partial charge in [0.15, 0.2) is 5.16 Å². The average molecular weight is 375 g/mol. The monoisotopic (exact) mass is 374 g/mol. The molecule has 6 nitrogen and oxygen atoms in total. The van der Waals surface area contributed by atoms with Gasteiger partial charge in [-0.2, -0.15) is 0 Å². The highest BCUT2D eigenvalue weighted by molar-refractivity contribution is 7.61. The lowest BCUT2D eigenvalue weighted by Gasteiger charge is -2.43. The molecule has 134 valence electrons. The Morgan fingerprint density at radius 2 is 2.08 bits per heavy atom. The van der Waals surface area contributed by atoms with Crippen LogP contribution in [0.3, 0.4) is 0 Å². The van der Waals surface area contributed by atoms with Crippen molar-refractivity contribution < 1.29 is 19.4 Å². The second-order valence-corrected chi connectivity index (χ2v) is 9.42. The second-order valence-electron chi connectivity index (χ2n) is 6.31. The fourth-order valence-corrected chi connectivity index (χ4v) is 5.60. The third-order valence-electron chi connectivity index (χ3n) is 4.67. The van der Waals surface area contributed by atoms with Crippen molar-refractivity contribution in [1.29, 1.82) is 0 Å². The molecule has 1 saturated heterocycles. The highest BCUT2D eigenvalue weighted by Gasteiger charge is 2.56. The number of unbranched alkanes of at least 4 members (excludes halogenated alkanes) is 1. The largest absolute Gasteiger partial charge is 0.480 e. The maximum absolute atomic E-state index is 12.7. The van der Waals surface area contributed by atoms with Crippen molar-refractivity contribution in [3.8, 4) is 0 Å². The molecule has 1 fully saturated rings. The van der Waals surface area contributed by atoms with Crippen LogP contribution in [0.1, 0.15) is 24.8 Å². The molecule has 2 unspecified atom stereocenters. The molecule has 0 spiro atoms. The molecule has 0 saturated carbocycles. The predicted octanol–water partition coefficient (Wildman–Crippen LogP) is 2.38. The number of carboxylic acids is 1. The quantitative estimate of drug-likeness (QED) is 0.500. The zero-order valence-corrected chi connectivity index (χ0v) is 15.2. The van der Waals surface area contributed by atoms with Gasteiger partial charge in [-0.05, 0) is 31.0 Å². The number of halogens is 1. The molecule has 1 heterocycles. The first-order valence-electron chi connectivity index (χ1n) is 8.03. The molecule has 0 aromatic heterocycles. The Morgan fingerprint density at radius 3 is 2.71 bits per heavy atom. The van der Waals surface area contributed by atoms with Crippen LogP contribution in [0.15, 0.2) is 24.3 Å². The minimum Gasteiger partial charge on any atom is -0.480 e. The van der Waals surface area contributed by atoms with Gasteiger partial charge in [-0.15, -0.1) is 0 Å². The number of carboxylic acid groups (broad SMARTS) is 1. The fourth-order valence-electron chi connectivity index (χ4n) is 3.19. The van der Waals surface area contributed by atoms with Crippen molar-refractivity contribution >= 4 is 24.9 Å². The van der Waals surface area contributed by atoms with Gasteiger partial charge in [0.05, 0.1) is 0 Å². The second kappa shape index (κ2) is 7.98. The predicted molar refractivity (Wildman–Crippen MR) is 94.7 cm³/mol. The Bertz CT molecular complexity index is 642.